The lowest BCUT2D eigenvalue weighted by Gasteiger charge is -2.19. The molecule has 0 saturated heterocycles. The van der Waals surface area contributed by atoms with E-state index in [1.54, 1.807) is 18.2 Å². The minimum atomic E-state index is -0.408. The van der Waals surface area contributed by atoms with Crippen molar-refractivity contribution in [2.75, 3.05) is 11.4 Å². The molecule has 0 aromatic heterocycles. The molecule has 1 unspecified atom stereocenters. The lowest BCUT2D eigenvalue weighted by molar-refractivity contribution is -0.384. The van der Waals surface area contributed by atoms with Crippen LogP contribution in [-0.4, -0.2) is 11.5 Å². The molecule has 0 radical (unpaired) electrons. The summed E-state index contributed by atoms with van der Waals surface area (Å²) in [5, 5.41) is 11.9. The highest BCUT2D eigenvalue weighted by Crippen LogP contribution is 2.37. The molecule has 1 atom stereocenters. The Morgan fingerprint density at radius 1 is 1.17 bits per heavy atom. The van der Waals surface area contributed by atoms with Crippen molar-refractivity contribution < 1.29 is 4.92 Å². The molecule has 3 rings (SSSR count). The fraction of sp³-hybridized carbons (Fsp3) is 0.200. The second-order valence-electron chi connectivity index (χ2n) is 5.24. The predicted octanol–water partition coefficient (Wildman–Crippen LogP) is 4.77. The van der Waals surface area contributed by atoms with Gasteiger partial charge in [-0.05, 0) is 23.8 Å². The third-order valence-electron chi connectivity index (χ3n) is 3.74. The number of halogens is 4. The summed E-state index contributed by atoms with van der Waals surface area (Å²) in [4.78, 5) is 12.6. The number of nitrogens with two attached hydrogens (primary N) is 1. The fourth-order valence-corrected chi connectivity index (χ4v) is 3.00. The summed E-state index contributed by atoms with van der Waals surface area (Å²) < 4.78 is 0. The first-order chi connectivity index (χ1) is 10.5. The van der Waals surface area contributed by atoms with Crippen molar-refractivity contribution >= 4 is 59.4 Å². The van der Waals surface area contributed by atoms with E-state index in [0.29, 0.717) is 23.1 Å². The van der Waals surface area contributed by atoms with Gasteiger partial charge in [-0.2, -0.15) is 0 Å². The number of fused-ring (bicyclic) bond motifs is 1. The molecule has 1 heterocycles. The molecule has 5 nitrogen and oxygen atoms in total. The van der Waals surface area contributed by atoms with E-state index in [9.17, 15) is 10.1 Å². The molecule has 0 aliphatic carbocycles. The molecule has 0 fully saturated rings. The highest BCUT2D eigenvalue weighted by molar-refractivity contribution is 6.42. The summed E-state index contributed by atoms with van der Waals surface area (Å²) in [6.07, 6.45) is 0. The number of nitrogens with zero attached hydrogens (tertiary/aromatic N) is 2. The van der Waals surface area contributed by atoms with Gasteiger partial charge < -0.3 is 10.6 Å². The van der Waals surface area contributed by atoms with Crippen LogP contribution in [0.2, 0.25) is 10.0 Å². The van der Waals surface area contributed by atoms with Crippen LogP contribution in [0.5, 0.6) is 0 Å². The van der Waals surface area contributed by atoms with Crippen LogP contribution in [-0.2, 0) is 6.54 Å². The second kappa shape index (κ2) is 8.23. The Morgan fingerprint density at radius 3 is 2.50 bits per heavy atom. The SMILES string of the molecule is Cl.Cl.NC1CN(Cc2ccc(Cl)c(Cl)c2)c2ccc([N+](=O)[O-])cc21. The molecular weight excluding hydrogens is 396 g/mol. The van der Waals surface area contributed by atoms with Crippen molar-refractivity contribution in [2.24, 2.45) is 5.73 Å². The molecule has 1 aliphatic rings. The van der Waals surface area contributed by atoms with Gasteiger partial charge in [0.25, 0.3) is 5.69 Å². The minimum Gasteiger partial charge on any atom is -0.365 e. The first-order valence-corrected chi connectivity index (χ1v) is 7.44. The highest BCUT2D eigenvalue weighted by atomic mass is 35.5. The van der Waals surface area contributed by atoms with Crippen LogP contribution >= 0.6 is 48.0 Å². The largest absolute Gasteiger partial charge is 0.365 e. The number of non-ortho nitro benzene ring substituents is 1. The molecule has 24 heavy (non-hydrogen) atoms. The number of anilines is 1. The molecule has 2 aromatic rings. The standard InChI is InChI=1S/C15H13Cl2N3O2.2ClH/c16-12-3-1-9(5-13(12)17)7-19-8-14(18)11-6-10(20(21)22)2-4-15(11)19;;/h1-6,14H,7-8,18H2;2*1H. The summed E-state index contributed by atoms with van der Waals surface area (Å²) in [6.45, 7) is 1.23. The summed E-state index contributed by atoms with van der Waals surface area (Å²) in [6, 6.07) is 10.0. The average Bonchev–Trinajstić information content (AvgIpc) is 2.79. The fourth-order valence-electron chi connectivity index (χ4n) is 2.68. The predicted molar refractivity (Wildman–Crippen MR) is 102 cm³/mol. The van der Waals surface area contributed by atoms with Gasteiger partial charge in [-0.1, -0.05) is 29.3 Å². The van der Waals surface area contributed by atoms with Crippen molar-refractivity contribution in [2.45, 2.75) is 12.6 Å². The van der Waals surface area contributed by atoms with Crippen molar-refractivity contribution in [3.05, 3.63) is 67.7 Å². The molecule has 130 valence electrons. The number of hydrogen-bond donors (Lipinski definition) is 1. The summed E-state index contributed by atoms with van der Waals surface area (Å²) in [5.74, 6) is 0. The Hall–Kier alpha value is -1.24. The maximum Gasteiger partial charge on any atom is 0.269 e. The van der Waals surface area contributed by atoms with E-state index < -0.39 is 4.92 Å². The maximum atomic E-state index is 10.9. The third kappa shape index (κ3) is 4.05. The molecule has 2 N–H and O–H groups in total. The summed E-state index contributed by atoms with van der Waals surface area (Å²) in [5.41, 5.74) is 8.89. The molecule has 0 amide bonds. The van der Waals surface area contributed by atoms with Gasteiger partial charge >= 0.3 is 0 Å². The van der Waals surface area contributed by atoms with Gasteiger partial charge in [-0.15, -0.1) is 24.8 Å². The van der Waals surface area contributed by atoms with Crippen LogP contribution in [0.25, 0.3) is 0 Å². The monoisotopic (exact) mass is 409 g/mol. The lowest BCUT2D eigenvalue weighted by atomic mass is 10.1. The molecule has 9 heteroatoms. The Balaban J connectivity index is 0.00000144. The van der Waals surface area contributed by atoms with Crippen LogP contribution in [0.15, 0.2) is 36.4 Å². The Labute approximate surface area is 161 Å². The molecule has 0 saturated carbocycles. The van der Waals surface area contributed by atoms with Crippen LogP contribution in [0.4, 0.5) is 11.4 Å². The van der Waals surface area contributed by atoms with E-state index in [4.69, 9.17) is 28.9 Å². The summed E-state index contributed by atoms with van der Waals surface area (Å²) >= 11 is 12.0. The number of benzene rings is 2. The molecule has 2 aromatic carbocycles. The van der Waals surface area contributed by atoms with Gasteiger partial charge in [-0.25, -0.2) is 0 Å². The number of hydrogen-bond acceptors (Lipinski definition) is 4. The van der Waals surface area contributed by atoms with E-state index in [-0.39, 0.29) is 36.5 Å². The first kappa shape index (κ1) is 20.8. The van der Waals surface area contributed by atoms with Crippen LogP contribution in [0.3, 0.4) is 0 Å². The second-order valence-corrected chi connectivity index (χ2v) is 6.05. The van der Waals surface area contributed by atoms with Crippen LogP contribution < -0.4 is 10.6 Å². The van der Waals surface area contributed by atoms with Crippen molar-refractivity contribution in [1.82, 2.24) is 0 Å². The smallest absolute Gasteiger partial charge is 0.269 e. The Morgan fingerprint density at radius 2 is 1.88 bits per heavy atom. The minimum absolute atomic E-state index is 0. The first-order valence-electron chi connectivity index (χ1n) is 6.68. The normalized spacial score (nSPS) is 15.3. The highest BCUT2D eigenvalue weighted by Gasteiger charge is 2.28. The zero-order chi connectivity index (χ0) is 15.9. The molecular formula is C15H15Cl4N3O2. The number of nitro benzene ring substituents is 1. The van der Waals surface area contributed by atoms with Crippen molar-refractivity contribution in [1.29, 1.82) is 0 Å². The topological polar surface area (TPSA) is 72.4 Å². The average molecular weight is 411 g/mol. The van der Waals surface area contributed by atoms with Crippen molar-refractivity contribution in [3.8, 4) is 0 Å². The quantitative estimate of drug-likeness (QED) is 0.584. The lowest BCUT2D eigenvalue weighted by Crippen LogP contribution is -2.23. The van der Waals surface area contributed by atoms with Gasteiger partial charge in [0.1, 0.15) is 0 Å². The van der Waals surface area contributed by atoms with Crippen molar-refractivity contribution in [3.63, 3.8) is 0 Å². The van der Waals surface area contributed by atoms with Crippen LogP contribution in [0.1, 0.15) is 17.2 Å². The zero-order valence-electron chi connectivity index (χ0n) is 12.3. The van der Waals surface area contributed by atoms with Crippen LogP contribution in [0, 0.1) is 10.1 Å². The van der Waals surface area contributed by atoms with E-state index in [1.807, 2.05) is 12.1 Å². The maximum absolute atomic E-state index is 10.9. The van der Waals surface area contributed by atoms with Gasteiger partial charge in [0.2, 0.25) is 0 Å². The third-order valence-corrected chi connectivity index (χ3v) is 4.48. The number of nitro groups is 1. The molecule has 1 aliphatic heterocycles. The van der Waals surface area contributed by atoms with E-state index in [0.717, 1.165) is 16.8 Å². The molecule has 0 bridgehead atoms. The van der Waals surface area contributed by atoms with E-state index >= 15 is 0 Å². The number of rotatable bonds is 3. The van der Waals surface area contributed by atoms with Gasteiger partial charge in [0.05, 0.1) is 15.0 Å². The zero-order valence-corrected chi connectivity index (χ0v) is 15.5. The van der Waals surface area contributed by atoms with Gasteiger partial charge in [-0.3, -0.25) is 10.1 Å². The van der Waals surface area contributed by atoms with Gasteiger partial charge in [0.15, 0.2) is 0 Å². The van der Waals surface area contributed by atoms with E-state index in [2.05, 4.69) is 4.90 Å². The Bertz CT molecular complexity index is 757. The summed E-state index contributed by atoms with van der Waals surface area (Å²) in [7, 11) is 0. The Kier molecular flexibility index (Phi) is 7.13. The van der Waals surface area contributed by atoms with Gasteiger partial charge in [0, 0.05) is 42.5 Å². The molecule has 0 spiro atoms. The van der Waals surface area contributed by atoms with E-state index in [1.165, 1.54) is 6.07 Å².